The van der Waals surface area contributed by atoms with E-state index in [9.17, 15) is 4.79 Å². The predicted octanol–water partition coefficient (Wildman–Crippen LogP) is 4.15. The van der Waals surface area contributed by atoms with E-state index >= 15 is 0 Å². The van der Waals surface area contributed by atoms with E-state index in [1.165, 1.54) is 11.1 Å². The molecule has 136 valence electrons. The second kappa shape index (κ2) is 7.31. The maximum atomic E-state index is 12.8. The summed E-state index contributed by atoms with van der Waals surface area (Å²) >= 11 is 0. The number of hydrogen-bond donors (Lipinski definition) is 0. The Hall–Kier alpha value is -3.01. The van der Waals surface area contributed by atoms with Gasteiger partial charge in [0.1, 0.15) is 6.33 Å². The fourth-order valence-electron chi connectivity index (χ4n) is 4.13. The lowest BCUT2D eigenvalue weighted by atomic mass is 9.69. The molecule has 3 aromatic rings. The van der Waals surface area contributed by atoms with Crippen LogP contribution in [0.4, 0.5) is 0 Å². The Labute approximate surface area is 159 Å². The number of benzene rings is 2. The van der Waals surface area contributed by atoms with Crippen LogP contribution in [0.15, 0.2) is 79.3 Å². The van der Waals surface area contributed by atoms with Crippen molar-refractivity contribution in [2.24, 2.45) is 0 Å². The molecule has 1 aliphatic rings. The highest BCUT2D eigenvalue weighted by Crippen LogP contribution is 2.42. The molecule has 0 unspecified atom stereocenters. The predicted molar refractivity (Wildman–Crippen MR) is 105 cm³/mol. The first-order valence-corrected chi connectivity index (χ1v) is 9.37. The van der Waals surface area contributed by atoms with Gasteiger partial charge in [0.2, 0.25) is 5.91 Å². The number of piperidine rings is 1. The maximum Gasteiger partial charge on any atom is 0.223 e. The van der Waals surface area contributed by atoms with Crippen molar-refractivity contribution in [3.63, 3.8) is 0 Å². The second-order valence-electron chi connectivity index (χ2n) is 7.15. The first kappa shape index (κ1) is 17.4. The average molecular weight is 357 g/mol. The second-order valence-corrected chi connectivity index (χ2v) is 7.15. The third-order valence-corrected chi connectivity index (χ3v) is 5.68. The Balaban J connectivity index is 1.77. The zero-order chi connectivity index (χ0) is 18.7. The zero-order valence-corrected chi connectivity index (χ0v) is 15.5. The van der Waals surface area contributed by atoms with Crippen molar-refractivity contribution in [2.75, 3.05) is 6.54 Å². The van der Waals surface area contributed by atoms with Crippen molar-refractivity contribution in [3.8, 4) is 0 Å². The first-order valence-electron chi connectivity index (χ1n) is 9.37. The van der Waals surface area contributed by atoms with Crippen LogP contribution >= 0.6 is 0 Å². The van der Waals surface area contributed by atoms with Crippen LogP contribution in [0.3, 0.4) is 0 Å². The van der Waals surface area contributed by atoms with Crippen LogP contribution in [0, 0.1) is 0 Å². The lowest BCUT2D eigenvalue weighted by molar-refractivity contribution is -0.137. The van der Waals surface area contributed by atoms with E-state index in [4.69, 9.17) is 0 Å². The molecule has 4 rings (SSSR count). The maximum absolute atomic E-state index is 12.8. The molecule has 0 N–H and O–H groups in total. The Kier molecular flexibility index (Phi) is 4.71. The van der Waals surface area contributed by atoms with Crippen LogP contribution in [0.1, 0.15) is 42.6 Å². The van der Waals surface area contributed by atoms with Gasteiger partial charge in [-0.05, 0) is 30.5 Å². The van der Waals surface area contributed by atoms with E-state index in [1.807, 2.05) is 30.0 Å². The summed E-state index contributed by atoms with van der Waals surface area (Å²) in [6.45, 7) is 2.69. The van der Waals surface area contributed by atoms with Gasteiger partial charge in [-0.15, -0.1) is 0 Å². The normalized spacial score (nSPS) is 17.5. The molecule has 0 bridgehead atoms. The standard InChI is InChI=1S/C23H23N3O/c1-18(21-13-15-24-17-25-21)26-16-23(14-12-22(26)27,19-8-4-2-5-9-19)20-10-6-3-7-11-20/h2-11,13,15,17-18H,12,14,16H2,1H3/t18-/m1/s1. The fourth-order valence-corrected chi connectivity index (χ4v) is 4.13. The Bertz CT molecular complexity index is 857. The highest BCUT2D eigenvalue weighted by Gasteiger charge is 2.43. The molecule has 4 heteroatoms. The van der Waals surface area contributed by atoms with Gasteiger partial charge in [0.25, 0.3) is 0 Å². The fraction of sp³-hybridized carbons (Fsp3) is 0.261. The zero-order valence-electron chi connectivity index (χ0n) is 15.5. The molecule has 0 aliphatic carbocycles. The largest absolute Gasteiger partial charge is 0.333 e. The van der Waals surface area contributed by atoms with Crippen LogP contribution < -0.4 is 0 Å². The molecular formula is C23H23N3O. The third kappa shape index (κ3) is 3.23. The highest BCUT2D eigenvalue weighted by molar-refractivity contribution is 5.78. The summed E-state index contributed by atoms with van der Waals surface area (Å²) in [6.07, 6.45) is 4.61. The van der Waals surface area contributed by atoms with Gasteiger partial charge in [0.15, 0.2) is 0 Å². The molecule has 1 atom stereocenters. The van der Waals surface area contributed by atoms with Crippen molar-refractivity contribution in [1.29, 1.82) is 0 Å². The van der Waals surface area contributed by atoms with Crippen LogP contribution in [-0.2, 0) is 10.2 Å². The number of amides is 1. The molecule has 1 aromatic heterocycles. The summed E-state index contributed by atoms with van der Waals surface area (Å²) < 4.78 is 0. The topological polar surface area (TPSA) is 46.1 Å². The van der Waals surface area contributed by atoms with Gasteiger partial charge in [-0.1, -0.05) is 60.7 Å². The van der Waals surface area contributed by atoms with Gasteiger partial charge >= 0.3 is 0 Å². The number of carbonyl (C=O) groups is 1. The molecule has 1 amide bonds. The number of likely N-dealkylation sites (tertiary alicyclic amines) is 1. The molecule has 1 saturated heterocycles. The SMILES string of the molecule is C[C@H](c1ccncn1)N1CC(c2ccccc2)(c2ccccc2)CCC1=O. The molecule has 1 aliphatic heterocycles. The summed E-state index contributed by atoms with van der Waals surface area (Å²) in [4.78, 5) is 23.2. The minimum absolute atomic E-state index is 0.0902. The van der Waals surface area contributed by atoms with Crippen molar-refractivity contribution in [1.82, 2.24) is 14.9 Å². The summed E-state index contributed by atoms with van der Waals surface area (Å²) in [5, 5.41) is 0. The van der Waals surface area contributed by atoms with Gasteiger partial charge < -0.3 is 4.90 Å². The molecule has 1 fully saturated rings. The lowest BCUT2D eigenvalue weighted by Gasteiger charge is -2.45. The van der Waals surface area contributed by atoms with E-state index in [2.05, 4.69) is 58.5 Å². The summed E-state index contributed by atoms with van der Waals surface area (Å²) in [5.41, 5.74) is 3.17. The number of hydrogen-bond acceptors (Lipinski definition) is 3. The Morgan fingerprint density at radius 2 is 1.59 bits per heavy atom. The monoisotopic (exact) mass is 357 g/mol. The first-order chi connectivity index (χ1) is 13.2. The molecule has 0 radical (unpaired) electrons. The van der Waals surface area contributed by atoms with E-state index in [0.29, 0.717) is 13.0 Å². The van der Waals surface area contributed by atoms with E-state index < -0.39 is 0 Å². The van der Waals surface area contributed by atoms with Gasteiger partial charge in [-0.2, -0.15) is 0 Å². The molecule has 4 nitrogen and oxygen atoms in total. The smallest absolute Gasteiger partial charge is 0.223 e. The highest BCUT2D eigenvalue weighted by atomic mass is 16.2. The van der Waals surface area contributed by atoms with E-state index in [1.54, 1.807) is 12.5 Å². The third-order valence-electron chi connectivity index (χ3n) is 5.68. The molecule has 2 heterocycles. The number of carbonyl (C=O) groups excluding carboxylic acids is 1. The molecular weight excluding hydrogens is 334 g/mol. The lowest BCUT2D eigenvalue weighted by Crippen LogP contribution is -2.50. The summed E-state index contributed by atoms with van der Waals surface area (Å²) in [5.74, 6) is 0.184. The minimum atomic E-state index is -0.211. The Morgan fingerprint density at radius 1 is 0.963 bits per heavy atom. The van der Waals surface area contributed by atoms with Gasteiger partial charge in [0.05, 0.1) is 11.7 Å². The minimum Gasteiger partial charge on any atom is -0.333 e. The number of rotatable bonds is 4. The summed E-state index contributed by atoms with van der Waals surface area (Å²) in [7, 11) is 0. The van der Waals surface area contributed by atoms with Gasteiger partial charge in [0, 0.05) is 24.6 Å². The molecule has 27 heavy (non-hydrogen) atoms. The van der Waals surface area contributed by atoms with Crippen LogP contribution in [0.2, 0.25) is 0 Å². The molecule has 2 aromatic carbocycles. The molecule has 0 saturated carbocycles. The molecule has 0 spiro atoms. The van der Waals surface area contributed by atoms with Crippen molar-refractivity contribution >= 4 is 5.91 Å². The number of aromatic nitrogens is 2. The van der Waals surface area contributed by atoms with Gasteiger partial charge in [-0.3, -0.25) is 4.79 Å². The van der Waals surface area contributed by atoms with Crippen LogP contribution in [0.25, 0.3) is 0 Å². The van der Waals surface area contributed by atoms with E-state index in [-0.39, 0.29) is 17.4 Å². The van der Waals surface area contributed by atoms with Crippen LogP contribution in [0.5, 0.6) is 0 Å². The van der Waals surface area contributed by atoms with E-state index in [0.717, 1.165) is 12.1 Å². The van der Waals surface area contributed by atoms with Gasteiger partial charge in [-0.25, -0.2) is 9.97 Å². The van der Waals surface area contributed by atoms with Crippen molar-refractivity contribution < 1.29 is 4.79 Å². The Morgan fingerprint density at radius 3 is 2.15 bits per heavy atom. The van der Waals surface area contributed by atoms with Crippen LogP contribution in [-0.4, -0.2) is 27.3 Å². The van der Waals surface area contributed by atoms with Crippen molar-refractivity contribution in [3.05, 3.63) is 96.1 Å². The quantitative estimate of drug-likeness (QED) is 0.705. The number of nitrogens with zero attached hydrogens (tertiary/aromatic N) is 3. The van der Waals surface area contributed by atoms with Crippen molar-refractivity contribution in [2.45, 2.75) is 31.2 Å². The average Bonchev–Trinajstić information content (AvgIpc) is 2.76. The summed E-state index contributed by atoms with van der Waals surface area (Å²) in [6, 6.07) is 22.9.